The largest absolute Gasteiger partial charge is 0.492 e. The second-order valence-corrected chi connectivity index (χ2v) is 5.07. The molecule has 1 unspecified atom stereocenters. The SMILES string of the molecule is O=C(NCCOc1ccc(Cl)cc1)C1CCCNC1. The lowest BCUT2D eigenvalue weighted by Gasteiger charge is -2.21. The zero-order valence-electron chi connectivity index (χ0n) is 10.8. The maximum atomic E-state index is 11.8. The van der Waals surface area contributed by atoms with Crippen LogP contribution in [-0.2, 0) is 4.79 Å². The third-order valence-corrected chi connectivity index (χ3v) is 3.40. The van der Waals surface area contributed by atoms with E-state index in [0.29, 0.717) is 18.2 Å². The van der Waals surface area contributed by atoms with Gasteiger partial charge in [-0.2, -0.15) is 0 Å². The first-order valence-electron chi connectivity index (χ1n) is 6.62. The minimum absolute atomic E-state index is 0.101. The number of hydrogen-bond donors (Lipinski definition) is 2. The van der Waals surface area contributed by atoms with E-state index in [9.17, 15) is 4.79 Å². The van der Waals surface area contributed by atoms with Gasteiger partial charge < -0.3 is 15.4 Å². The molecule has 19 heavy (non-hydrogen) atoms. The molecule has 1 aliphatic rings. The van der Waals surface area contributed by atoms with Crippen molar-refractivity contribution in [3.63, 3.8) is 0 Å². The molecule has 0 spiro atoms. The molecule has 1 aromatic carbocycles. The van der Waals surface area contributed by atoms with Gasteiger partial charge in [0.25, 0.3) is 0 Å². The Morgan fingerprint density at radius 3 is 2.89 bits per heavy atom. The summed E-state index contributed by atoms with van der Waals surface area (Å²) in [6, 6.07) is 7.19. The normalized spacial score (nSPS) is 18.9. The Morgan fingerprint density at radius 2 is 2.21 bits per heavy atom. The summed E-state index contributed by atoms with van der Waals surface area (Å²) in [5.41, 5.74) is 0. The van der Waals surface area contributed by atoms with Crippen LogP contribution < -0.4 is 15.4 Å². The summed E-state index contributed by atoms with van der Waals surface area (Å²) >= 11 is 5.78. The zero-order valence-corrected chi connectivity index (χ0v) is 11.6. The van der Waals surface area contributed by atoms with E-state index in [1.165, 1.54) is 0 Å². The van der Waals surface area contributed by atoms with Crippen LogP contribution in [0.15, 0.2) is 24.3 Å². The van der Waals surface area contributed by atoms with Crippen LogP contribution in [0, 0.1) is 5.92 Å². The number of ether oxygens (including phenoxy) is 1. The summed E-state index contributed by atoms with van der Waals surface area (Å²) in [5, 5.41) is 6.82. The van der Waals surface area contributed by atoms with Gasteiger partial charge in [-0.3, -0.25) is 4.79 Å². The molecule has 1 amide bonds. The van der Waals surface area contributed by atoms with E-state index >= 15 is 0 Å². The molecule has 0 bridgehead atoms. The fourth-order valence-corrected chi connectivity index (χ4v) is 2.22. The fourth-order valence-electron chi connectivity index (χ4n) is 2.09. The van der Waals surface area contributed by atoms with Crippen molar-refractivity contribution in [2.24, 2.45) is 5.92 Å². The first-order chi connectivity index (χ1) is 9.25. The van der Waals surface area contributed by atoms with Crippen molar-refractivity contribution in [2.45, 2.75) is 12.8 Å². The highest BCUT2D eigenvalue weighted by Crippen LogP contribution is 2.15. The number of piperidine rings is 1. The Balaban J connectivity index is 1.63. The lowest BCUT2D eigenvalue weighted by molar-refractivity contribution is -0.125. The standard InChI is InChI=1S/C14H19ClN2O2/c15-12-3-5-13(6-4-12)19-9-8-17-14(18)11-2-1-7-16-10-11/h3-6,11,16H,1-2,7-10H2,(H,17,18). The molecule has 4 nitrogen and oxygen atoms in total. The summed E-state index contributed by atoms with van der Waals surface area (Å²) in [4.78, 5) is 11.8. The van der Waals surface area contributed by atoms with Gasteiger partial charge in [-0.15, -0.1) is 0 Å². The Hall–Kier alpha value is -1.26. The van der Waals surface area contributed by atoms with Gasteiger partial charge in [0.05, 0.1) is 12.5 Å². The van der Waals surface area contributed by atoms with Crippen molar-refractivity contribution in [3.8, 4) is 5.75 Å². The molecule has 1 atom stereocenters. The van der Waals surface area contributed by atoms with Crippen LogP contribution >= 0.6 is 11.6 Å². The van der Waals surface area contributed by atoms with E-state index in [1.807, 2.05) is 12.1 Å². The quantitative estimate of drug-likeness (QED) is 0.810. The zero-order chi connectivity index (χ0) is 13.5. The summed E-state index contributed by atoms with van der Waals surface area (Å²) in [6.45, 7) is 2.79. The number of carbonyl (C=O) groups is 1. The molecule has 2 rings (SSSR count). The highest BCUT2D eigenvalue weighted by atomic mass is 35.5. The lowest BCUT2D eigenvalue weighted by Crippen LogP contribution is -2.41. The van der Waals surface area contributed by atoms with Gasteiger partial charge in [-0.25, -0.2) is 0 Å². The molecule has 1 heterocycles. The van der Waals surface area contributed by atoms with E-state index in [0.717, 1.165) is 31.7 Å². The number of carbonyl (C=O) groups excluding carboxylic acids is 1. The monoisotopic (exact) mass is 282 g/mol. The maximum absolute atomic E-state index is 11.8. The second-order valence-electron chi connectivity index (χ2n) is 4.64. The first kappa shape index (κ1) is 14.2. The van der Waals surface area contributed by atoms with Gasteiger partial charge in [-0.05, 0) is 43.7 Å². The molecule has 0 saturated carbocycles. The van der Waals surface area contributed by atoms with Crippen LogP contribution in [0.2, 0.25) is 5.02 Å². The average molecular weight is 283 g/mol. The molecular weight excluding hydrogens is 264 g/mol. The van der Waals surface area contributed by atoms with E-state index < -0.39 is 0 Å². The van der Waals surface area contributed by atoms with E-state index in [2.05, 4.69) is 10.6 Å². The predicted octanol–water partition coefficient (Wildman–Crippen LogP) is 1.83. The van der Waals surface area contributed by atoms with Crippen molar-refractivity contribution < 1.29 is 9.53 Å². The van der Waals surface area contributed by atoms with Crippen LogP contribution in [0.1, 0.15) is 12.8 Å². The number of nitrogens with one attached hydrogen (secondary N) is 2. The molecule has 5 heteroatoms. The fraction of sp³-hybridized carbons (Fsp3) is 0.500. The van der Waals surface area contributed by atoms with Gasteiger partial charge >= 0.3 is 0 Å². The number of halogens is 1. The minimum Gasteiger partial charge on any atom is -0.492 e. The lowest BCUT2D eigenvalue weighted by atomic mass is 9.99. The first-order valence-corrected chi connectivity index (χ1v) is 7.00. The van der Waals surface area contributed by atoms with Crippen LogP contribution in [0.25, 0.3) is 0 Å². The van der Waals surface area contributed by atoms with Gasteiger partial charge in [0.2, 0.25) is 5.91 Å². The Bertz CT molecular complexity index is 402. The van der Waals surface area contributed by atoms with E-state index in [4.69, 9.17) is 16.3 Å². The highest BCUT2D eigenvalue weighted by molar-refractivity contribution is 6.30. The third kappa shape index (κ3) is 4.73. The van der Waals surface area contributed by atoms with E-state index in [1.54, 1.807) is 12.1 Å². The molecule has 2 N–H and O–H groups in total. The van der Waals surface area contributed by atoms with Crippen LogP contribution in [0.3, 0.4) is 0 Å². The summed E-state index contributed by atoms with van der Waals surface area (Å²) in [6.07, 6.45) is 2.04. The second kappa shape index (κ2) is 7.36. The van der Waals surface area contributed by atoms with Crippen molar-refractivity contribution in [1.29, 1.82) is 0 Å². The molecule has 0 aromatic heterocycles. The average Bonchev–Trinajstić information content (AvgIpc) is 2.46. The molecule has 1 aliphatic heterocycles. The van der Waals surface area contributed by atoms with Gasteiger partial charge in [0, 0.05) is 11.6 Å². The van der Waals surface area contributed by atoms with Crippen molar-refractivity contribution in [2.75, 3.05) is 26.2 Å². The van der Waals surface area contributed by atoms with Gasteiger partial charge in [-0.1, -0.05) is 11.6 Å². The summed E-state index contributed by atoms with van der Waals surface area (Å²) in [5.74, 6) is 0.981. The third-order valence-electron chi connectivity index (χ3n) is 3.15. The molecule has 104 valence electrons. The van der Waals surface area contributed by atoms with Crippen LogP contribution in [0.5, 0.6) is 5.75 Å². The Labute approximate surface area is 118 Å². The maximum Gasteiger partial charge on any atom is 0.224 e. The Morgan fingerprint density at radius 1 is 1.42 bits per heavy atom. The minimum atomic E-state index is 0.101. The summed E-state index contributed by atoms with van der Waals surface area (Å²) in [7, 11) is 0. The number of hydrogen-bond acceptors (Lipinski definition) is 3. The van der Waals surface area contributed by atoms with Crippen molar-refractivity contribution in [3.05, 3.63) is 29.3 Å². The number of rotatable bonds is 5. The Kier molecular flexibility index (Phi) is 5.48. The van der Waals surface area contributed by atoms with Gasteiger partial charge in [0.15, 0.2) is 0 Å². The molecular formula is C14H19ClN2O2. The molecule has 1 fully saturated rings. The number of benzene rings is 1. The highest BCUT2D eigenvalue weighted by Gasteiger charge is 2.20. The molecule has 1 aromatic rings. The molecule has 0 radical (unpaired) electrons. The number of amides is 1. The van der Waals surface area contributed by atoms with Gasteiger partial charge in [0.1, 0.15) is 12.4 Å². The van der Waals surface area contributed by atoms with E-state index in [-0.39, 0.29) is 11.8 Å². The smallest absolute Gasteiger partial charge is 0.224 e. The summed E-state index contributed by atoms with van der Waals surface area (Å²) < 4.78 is 5.51. The predicted molar refractivity (Wildman–Crippen MR) is 75.6 cm³/mol. The van der Waals surface area contributed by atoms with Crippen LogP contribution in [0.4, 0.5) is 0 Å². The topological polar surface area (TPSA) is 50.4 Å². The molecule has 0 aliphatic carbocycles. The van der Waals surface area contributed by atoms with Crippen LogP contribution in [-0.4, -0.2) is 32.1 Å². The van der Waals surface area contributed by atoms with Crippen molar-refractivity contribution >= 4 is 17.5 Å². The molecule has 1 saturated heterocycles. The van der Waals surface area contributed by atoms with Crippen molar-refractivity contribution in [1.82, 2.24) is 10.6 Å².